The highest BCUT2D eigenvalue weighted by Gasteiger charge is 2.15. The largest absolute Gasteiger partial charge is 0.363 e. The second kappa shape index (κ2) is 9.53. The Kier molecular flexibility index (Phi) is 6.85. The van der Waals surface area contributed by atoms with Crippen molar-refractivity contribution in [3.8, 4) is 0 Å². The number of benzene rings is 1. The molecule has 150 valence electrons. The van der Waals surface area contributed by atoms with Gasteiger partial charge in [-0.25, -0.2) is 4.98 Å². The Balaban J connectivity index is 1.52. The zero-order chi connectivity index (χ0) is 19.9. The van der Waals surface area contributed by atoms with Crippen molar-refractivity contribution in [2.45, 2.75) is 51.9 Å². The fourth-order valence-corrected chi connectivity index (χ4v) is 3.64. The van der Waals surface area contributed by atoms with Crippen molar-refractivity contribution in [3.63, 3.8) is 0 Å². The van der Waals surface area contributed by atoms with Crippen molar-refractivity contribution in [1.29, 1.82) is 0 Å². The predicted octanol–water partition coefficient (Wildman–Crippen LogP) is 4.89. The third-order valence-corrected chi connectivity index (χ3v) is 5.23. The van der Waals surface area contributed by atoms with Crippen LogP contribution in [0, 0.1) is 12.8 Å². The second-order valence-corrected chi connectivity index (χ2v) is 7.88. The van der Waals surface area contributed by atoms with Gasteiger partial charge in [-0.05, 0) is 43.5 Å². The van der Waals surface area contributed by atoms with E-state index < -0.39 is 0 Å². The number of carbonyl (C=O) groups is 1. The molecule has 6 nitrogen and oxygen atoms in total. The number of hydrogen-bond donors (Lipinski definition) is 2. The van der Waals surface area contributed by atoms with Gasteiger partial charge in [-0.1, -0.05) is 32.1 Å². The first-order valence-electron chi connectivity index (χ1n) is 10.2. The summed E-state index contributed by atoms with van der Waals surface area (Å²) in [5, 5.41) is 6.23. The molecule has 3 rings (SSSR count). The van der Waals surface area contributed by atoms with E-state index >= 15 is 0 Å². The Morgan fingerprint density at radius 1 is 1.07 bits per heavy atom. The number of aromatic nitrogens is 2. The van der Waals surface area contributed by atoms with Crippen LogP contribution >= 0.6 is 0 Å². The summed E-state index contributed by atoms with van der Waals surface area (Å²) >= 11 is 0. The first-order chi connectivity index (χ1) is 13.5. The van der Waals surface area contributed by atoms with E-state index in [0.717, 1.165) is 35.2 Å². The lowest BCUT2D eigenvalue weighted by Gasteiger charge is -2.21. The van der Waals surface area contributed by atoms with Crippen LogP contribution in [0.4, 0.5) is 23.1 Å². The van der Waals surface area contributed by atoms with Crippen molar-refractivity contribution in [1.82, 2.24) is 9.97 Å². The Bertz CT molecular complexity index is 782. The zero-order valence-corrected chi connectivity index (χ0v) is 17.2. The summed E-state index contributed by atoms with van der Waals surface area (Å²) in [5.74, 6) is 2.25. The SMILES string of the molecule is Cc1cc(N(C)C)nc(Nc2ccc(NC(=O)CCC3CCCCC3)cc2)n1. The molecular weight excluding hydrogens is 350 g/mol. The van der Waals surface area contributed by atoms with Gasteiger partial charge >= 0.3 is 0 Å². The summed E-state index contributed by atoms with van der Waals surface area (Å²) in [5.41, 5.74) is 2.61. The van der Waals surface area contributed by atoms with Gasteiger partial charge in [-0.3, -0.25) is 4.79 Å². The smallest absolute Gasteiger partial charge is 0.229 e. The average molecular weight is 382 g/mol. The third-order valence-electron chi connectivity index (χ3n) is 5.23. The van der Waals surface area contributed by atoms with Gasteiger partial charge in [0.2, 0.25) is 11.9 Å². The fraction of sp³-hybridized carbons (Fsp3) is 0.500. The minimum atomic E-state index is 0.101. The second-order valence-electron chi connectivity index (χ2n) is 7.88. The molecule has 2 N–H and O–H groups in total. The summed E-state index contributed by atoms with van der Waals surface area (Å²) < 4.78 is 0. The minimum absolute atomic E-state index is 0.101. The fourth-order valence-electron chi connectivity index (χ4n) is 3.64. The van der Waals surface area contributed by atoms with E-state index in [-0.39, 0.29) is 5.91 Å². The summed E-state index contributed by atoms with van der Waals surface area (Å²) in [6, 6.07) is 9.61. The highest BCUT2D eigenvalue weighted by atomic mass is 16.1. The van der Waals surface area contributed by atoms with Crippen LogP contribution in [0.2, 0.25) is 0 Å². The van der Waals surface area contributed by atoms with E-state index in [0.29, 0.717) is 12.4 Å². The van der Waals surface area contributed by atoms with Gasteiger partial charge < -0.3 is 15.5 Å². The first-order valence-corrected chi connectivity index (χ1v) is 10.2. The zero-order valence-electron chi connectivity index (χ0n) is 17.2. The molecule has 1 fully saturated rings. The Morgan fingerprint density at radius 2 is 1.75 bits per heavy atom. The van der Waals surface area contributed by atoms with Gasteiger partial charge in [0.25, 0.3) is 0 Å². The summed E-state index contributed by atoms with van der Waals surface area (Å²) in [6.45, 7) is 1.95. The highest BCUT2D eigenvalue weighted by Crippen LogP contribution is 2.27. The predicted molar refractivity (Wildman–Crippen MR) is 115 cm³/mol. The van der Waals surface area contributed by atoms with Crippen LogP contribution < -0.4 is 15.5 Å². The number of amides is 1. The van der Waals surface area contributed by atoms with Crippen LogP contribution in [0.25, 0.3) is 0 Å². The van der Waals surface area contributed by atoms with Gasteiger partial charge in [-0.2, -0.15) is 4.98 Å². The quantitative estimate of drug-likeness (QED) is 0.714. The van der Waals surface area contributed by atoms with Gasteiger partial charge in [0.1, 0.15) is 5.82 Å². The van der Waals surface area contributed by atoms with E-state index in [1.165, 1.54) is 32.1 Å². The standard InChI is InChI=1S/C22H31N5O/c1-16-15-20(27(2)3)26-22(23-16)25-19-12-10-18(11-13-19)24-21(28)14-9-17-7-5-4-6-8-17/h10-13,15,17H,4-9,14H2,1-3H3,(H,24,28)(H,23,25,26). The lowest BCUT2D eigenvalue weighted by molar-refractivity contribution is -0.116. The maximum atomic E-state index is 12.2. The molecule has 0 bridgehead atoms. The molecule has 0 atom stereocenters. The van der Waals surface area contributed by atoms with Crippen molar-refractivity contribution in [3.05, 3.63) is 36.0 Å². The molecule has 0 aliphatic heterocycles. The van der Waals surface area contributed by atoms with E-state index in [4.69, 9.17) is 0 Å². The minimum Gasteiger partial charge on any atom is -0.363 e. The summed E-state index contributed by atoms with van der Waals surface area (Å²) in [6.07, 6.45) is 8.17. The number of hydrogen-bond acceptors (Lipinski definition) is 5. The molecular formula is C22H31N5O. The highest BCUT2D eigenvalue weighted by molar-refractivity contribution is 5.90. The monoisotopic (exact) mass is 381 g/mol. The molecule has 2 aromatic rings. The van der Waals surface area contributed by atoms with Crippen LogP contribution in [0.3, 0.4) is 0 Å². The van der Waals surface area contributed by atoms with Crippen molar-refractivity contribution in [2.75, 3.05) is 29.6 Å². The van der Waals surface area contributed by atoms with Crippen molar-refractivity contribution in [2.24, 2.45) is 5.92 Å². The Morgan fingerprint density at radius 3 is 2.43 bits per heavy atom. The number of nitrogens with zero attached hydrogens (tertiary/aromatic N) is 3. The number of carbonyl (C=O) groups excluding carboxylic acids is 1. The molecule has 1 saturated carbocycles. The molecule has 1 aromatic carbocycles. The lowest BCUT2D eigenvalue weighted by Crippen LogP contribution is -2.14. The molecule has 0 unspecified atom stereocenters. The Hall–Kier alpha value is -2.63. The molecule has 0 saturated heterocycles. The van der Waals surface area contributed by atoms with Gasteiger partial charge in [-0.15, -0.1) is 0 Å². The van der Waals surface area contributed by atoms with E-state index in [9.17, 15) is 4.79 Å². The van der Waals surface area contributed by atoms with Crippen LogP contribution in [-0.2, 0) is 4.79 Å². The van der Waals surface area contributed by atoms with Crippen molar-refractivity contribution < 1.29 is 4.79 Å². The lowest BCUT2D eigenvalue weighted by atomic mass is 9.86. The van der Waals surface area contributed by atoms with Crippen LogP contribution in [0.1, 0.15) is 50.6 Å². The molecule has 1 aliphatic carbocycles. The van der Waals surface area contributed by atoms with E-state index in [2.05, 4.69) is 20.6 Å². The van der Waals surface area contributed by atoms with Crippen LogP contribution in [0.5, 0.6) is 0 Å². The molecule has 28 heavy (non-hydrogen) atoms. The average Bonchev–Trinajstić information content (AvgIpc) is 2.68. The number of nitrogens with one attached hydrogen (secondary N) is 2. The van der Waals surface area contributed by atoms with Crippen LogP contribution in [-0.4, -0.2) is 30.0 Å². The molecule has 6 heteroatoms. The van der Waals surface area contributed by atoms with Gasteiger partial charge in [0.05, 0.1) is 0 Å². The third kappa shape index (κ3) is 5.94. The van der Waals surface area contributed by atoms with Crippen LogP contribution in [0.15, 0.2) is 30.3 Å². The maximum Gasteiger partial charge on any atom is 0.229 e. The molecule has 0 spiro atoms. The molecule has 1 aliphatic rings. The van der Waals surface area contributed by atoms with E-state index in [1.54, 1.807) is 0 Å². The molecule has 0 radical (unpaired) electrons. The van der Waals surface area contributed by atoms with Gasteiger partial charge in [0, 0.05) is 43.7 Å². The Labute approximate surface area is 167 Å². The molecule has 1 aromatic heterocycles. The maximum absolute atomic E-state index is 12.2. The first kappa shape index (κ1) is 20.1. The number of aryl methyl sites for hydroxylation is 1. The number of rotatable bonds is 7. The number of anilines is 4. The molecule has 1 amide bonds. The molecule has 1 heterocycles. The van der Waals surface area contributed by atoms with Crippen molar-refractivity contribution >= 4 is 29.0 Å². The van der Waals surface area contributed by atoms with E-state index in [1.807, 2.05) is 56.3 Å². The normalized spacial score (nSPS) is 14.5. The van der Waals surface area contributed by atoms with Gasteiger partial charge in [0.15, 0.2) is 0 Å². The summed E-state index contributed by atoms with van der Waals surface area (Å²) in [7, 11) is 3.91. The topological polar surface area (TPSA) is 70.2 Å². The summed E-state index contributed by atoms with van der Waals surface area (Å²) in [4.78, 5) is 23.1.